The maximum absolute atomic E-state index is 12.8. The number of carbonyl (C=O) groups excluding carboxylic acids is 3. The number of hydrogen-bond donors (Lipinski definition) is 1. The van der Waals surface area contributed by atoms with E-state index in [9.17, 15) is 18.8 Å². The standard InChI is InChI=1S/C19H18FNO4/c1-13(22)16-4-2-3-5-17(16)21-18(23)12-25-19(24)11-8-14-6-9-15(20)10-7-14/h2-7,9-10H,8,11-12H2,1H3,(H,21,23). The first-order chi connectivity index (χ1) is 12.0. The van der Waals surface area contributed by atoms with Crippen LogP contribution in [0.4, 0.5) is 10.1 Å². The molecule has 0 bridgehead atoms. The van der Waals surface area contributed by atoms with E-state index in [0.717, 1.165) is 5.56 Å². The molecule has 6 heteroatoms. The third kappa shape index (κ3) is 5.84. The van der Waals surface area contributed by atoms with Gasteiger partial charge in [-0.3, -0.25) is 14.4 Å². The SMILES string of the molecule is CC(=O)c1ccccc1NC(=O)COC(=O)CCc1ccc(F)cc1. The summed E-state index contributed by atoms with van der Waals surface area (Å²) in [6.07, 6.45) is 0.483. The van der Waals surface area contributed by atoms with Crippen molar-refractivity contribution in [3.8, 4) is 0 Å². The van der Waals surface area contributed by atoms with Gasteiger partial charge in [0.2, 0.25) is 0 Å². The molecule has 130 valence electrons. The van der Waals surface area contributed by atoms with Crippen molar-refractivity contribution in [3.63, 3.8) is 0 Å². The zero-order chi connectivity index (χ0) is 18.2. The van der Waals surface area contributed by atoms with E-state index in [-0.39, 0.29) is 18.0 Å². The van der Waals surface area contributed by atoms with Gasteiger partial charge in [-0.25, -0.2) is 4.39 Å². The van der Waals surface area contributed by atoms with Crippen molar-refractivity contribution < 1.29 is 23.5 Å². The van der Waals surface area contributed by atoms with Crippen LogP contribution in [0, 0.1) is 5.82 Å². The summed E-state index contributed by atoms with van der Waals surface area (Å²) in [5.41, 5.74) is 1.57. The van der Waals surface area contributed by atoms with E-state index in [0.29, 0.717) is 17.7 Å². The van der Waals surface area contributed by atoms with Gasteiger partial charge in [-0.2, -0.15) is 0 Å². The summed E-state index contributed by atoms with van der Waals surface area (Å²) in [6.45, 7) is 0.967. The van der Waals surface area contributed by atoms with Crippen molar-refractivity contribution in [2.45, 2.75) is 19.8 Å². The third-order valence-electron chi connectivity index (χ3n) is 3.48. The molecule has 2 aromatic rings. The Bertz CT molecular complexity index is 771. The molecule has 0 heterocycles. The lowest BCUT2D eigenvalue weighted by atomic mass is 10.1. The molecule has 0 fully saturated rings. The average Bonchev–Trinajstić information content (AvgIpc) is 2.59. The van der Waals surface area contributed by atoms with Crippen LogP contribution in [0.5, 0.6) is 0 Å². The summed E-state index contributed by atoms with van der Waals surface area (Å²) >= 11 is 0. The second-order valence-corrected chi connectivity index (χ2v) is 5.44. The third-order valence-corrected chi connectivity index (χ3v) is 3.48. The summed E-state index contributed by atoms with van der Waals surface area (Å²) in [5, 5.41) is 2.55. The fourth-order valence-electron chi connectivity index (χ4n) is 2.20. The highest BCUT2D eigenvalue weighted by molar-refractivity contribution is 6.04. The molecule has 0 saturated heterocycles. The van der Waals surface area contributed by atoms with Crippen LogP contribution in [-0.4, -0.2) is 24.3 Å². The summed E-state index contributed by atoms with van der Waals surface area (Å²) in [4.78, 5) is 35.0. The Morgan fingerprint density at radius 1 is 1.04 bits per heavy atom. The minimum absolute atomic E-state index is 0.0863. The monoisotopic (exact) mass is 343 g/mol. The van der Waals surface area contributed by atoms with Crippen LogP contribution < -0.4 is 5.32 Å². The number of nitrogens with one attached hydrogen (secondary N) is 1. The number of para-hydroxylation sites is 1. The van der Waals surface area contributed by atoms with E-state index in [1.165, 1.54) is 19.1 Å². The van der Waals surface area contributed by atoms with Gasteiger partial charge in [0, 0.05) is 12.0 Å². The number of Topliss-reactive ketones (excluding diaryl/α,β-unsaturated/α-hetero) is 1. The molecule has 0 unspecified atom stereocenters. The molecule has 0 aliphatic rings. The van der Waals surface area contributed by atoms with Gasteiger partial charge in [0.1, 0.15) is 5.82 Å². The highest BCUT2D eigenvalue weighted by Crippen LogP contribution is 2.15. The Morgan fingerprint density at radius 2 is 1.72 bits per heavy atom. The Hall–Kier alpha value is -3.02. The Labute approximate surface area is 144 Å². The van der Waals surface area contributed by atoms with E-state index in [4.69, 9.17) is 4.74 Å². The highest BCUT2D eigenvalue weighted by atomic mass is 19.1. The van der Waals surface area contributed by atoms with Crippen molar-refractivity contribution in [1.29, 1.82) is 0 Å². The first-order valence-electron chi connectivity index (χ1n) is 7.75. The van der Waals surface area contributed by atoms with E-state index < -0.39 is 18.5 Å². The van der Waals surface area contributed by atoms with Crippen molar-refractivity contribution in [2.24, 2.45) is 0 Å². The zero-order valence-corrected chi connectivity index (χ0v) is 13.8. The van der Waals surface area contributed by atoms with E-state index in [1.54, 1.807) is 36.4 Å². The molecule has 5 nitrogen and oxygen atoms in total. The molecule has 0 atom stereocenters. The van der Waals surface area contributed by atoms with Gasteiger partial charge in [0.15, 0.2) is 12.4 Å². The Morgan fingerprint density at radius 3 is 2.40 bits per heavy atom. The van der Waals surface area contributed by atoms with Crippen molar-refractivity contribution in [1.82, 2.24) is 0 Å². The van der Waals surface area contributed by atoms with Crippen LogP contribution in [0.2, 0.25) is 0 Å². The lowest BCUT2D eigenvalue weighted by molar-refractivity contribution is -0.147. The number of aryl methyl sites for hydroxylation is 1. The predicted molar refractivity (Wildman–Crippen MR) is 90.8 cm³/mol. The molecule has 2 rings (SSSR count). The van der Waals surface area contributed by atoms with Crippen LogP contribution in [0.25, 0.3) is 0 Å². The normalized spacial score (nSPS) is 10.2. The maximum Gasteiger partial charge on any atom is 0.306 e. The number of carbonyl (C=O) groups is 3. The van der Waals surface area contributed by atoms with Crippen molar-refractivity contribution >= 4 is 23.3 Å². The summed E-state index contributed by atoms with van der Waals surface area (Å²) < 4.78 is 17.7. The quantitative estimate of drug-likeness (QED) is 0.619. The molecule has 0 saturated carbocycles. The maximum atomic E-state index is 12.8. The van der Waals surface area contributed by atoms with Crippen LogP contribution >= 0.6 is 0 Å². The number of amides is 1. The number of halogens is 1. The molecular formula is C19H18FNO4. The lowest BCUT2D eigenvalue weighted by Gasteiger charge is -2.09. The minimum Gasteiger partial charge on any atom is -0.456 e. The van der Waals surface area contributed by atoms with Gasteiger partial charge in [-0.1, -0.05) is 24.3 Å². The largest absolute Gasteiger partial charge is 0.456 e. The molecular weight excluding hydrogens is 325 g/mol. The van der Waals surface area contributed by atoms with Gasteiger partial charge >= 0.3 is 5.97 Å². The number of ether oxygens (including phenoxy) is 1. The van der Waals surface area contributed by atoms with Crippen LogP contribution in [-0.2, 0) is 20.7 Å². The molecule has 0 spiro atoms. The van der Waals surface area contributed by atoms with Gasteiger partial charge in [-0.05, 0) is 43.2 Å². The van der Waals surface area contributed by atoms with E-state index in [1.807, 2.05) is 0 Å². The first-order valence-corrected chi connectivity index (χ1v) is 7.75. The van der Waals surface area contributed by atoms with Crippen molar-refractivity contribution in [2.75, 3.05) is 11.9 Å². The number of rotatable bonds is 7. The predicted octanol–water partition coefficient (Wildman–Crippen LogP) is 3.14. The molecule has 1 amide bonds. The number of anilines is 1. The summed E-state index contributed by atoms with van der Waals surface area (Å²) in [5.74, 6) is -1.57. The van der Waals surface area contributed by atoms with Crippen LogP contribution in [0.15, 0.2) is 48.5 Å². The van der Waals surface area contributed by atoms with Gasteiger partial charge in [0.05, 0.1) is 5.69 Å². The Balaban J connectivity index is 1.79. The average molecular weight is 343 g/mol. The molecule has 0 radical (unpaired) electrons. The second kappa shape index (κ2) is 8.73. The fourth-order valence-corrected chi connectivity index (χ4v) is 2.20. The van der Waals surface area contributed by atoms with Gasteiger partial charge in [-0.15, -0.1) is 0 Å². The van der Waals surface area contributed by atoms with E-state index >= 15 is 0 Å². The topological polar surface area (TPSA) is 72.5 Å². The molecule has 25 heavy (non-hydrogen) atoms. The lowest BCUT2D eigenvalue weighted by Crippen LogP contribution is -2.22. The van der Waals surface area contributed by atoms with Crippen LogP contribution in [0.1, 0.15) is 29.3 Å². The summed E-state index contributed by atoms with van der Waals surface area (Å²) in [6, 6.07) is 12.4. The molecule has 0 aromatic heterocycles. The van der Waals surface area contributed by atoms with Gasteiger partial charge < -0.3 is 10.1 Å². The first kappa shape index (κ1) is 18.3. The van der Waals surface area contributed by atoms with Crippen molar-refractivity contribution in [3.05, 3.63) is 65.5 Å². The molecule has 2 aromatic carbocycles. The smallest absolute Gasteiger partial charge is 0.306 e. The molecule has 1 N–H and O–H groups in total. The number of esters is 1. The zero-order valence-electron chi connectivity index (χ0n) is 13.8. The minimum atomic E-state index is -0.528. The molecule has 0 aliphatic heterocycles. The van der Waals surface area contributed by atoms with E-state index in [2.05, 4.69) is 5.32 Å². The number of hydrogen-bond acceptors (Lipinski definition) is 4. The second-order valence-electron chi connectivity index (χ2n) is 5.44. The van der Waals surface area contributed by atoms with Gasteiger partial charge in [0.25, 0.3) is 5.91 Å². The molecule has 0 aliphatic carbocycles. The number of ketones is 1. The number of benzene rings is 2. The highest BCUT2D eigenvalue weighted by Gasteiger charge is 2.12. The summed E-state index contributed by atoms with van der Waals surface area (Å²) in [7, 11) is 0. The van der Waals surface area contributed by atoms with Crippen LogP contribution in [0.3, 0.4) is 0 Å². The Kier molecular flexibility index (Phi) is 6.39. The fraction of sp³-hybridized carbons (Fsp3) is 0.211.